The van der Waals surface area contributed by atoms with Crippen LogP contribution in [0.15, 0.2) is 35.5 Å². The maximum Gasteiger partial charge on any atom is 0.338 e. The van der Waals surface area contributed by atoms with Crippen molar-refractivity contribution in [3.8, 4) is 11.5 Å². The summed E-state index contributed by atoms with van der Waals surface area (Å²) >= 11 is 1.47. The van der Waals surface area contributed by atoms with Gasteiger partial charge in [-0.25, -0.2) is 14.8 Å². The first-order valence-electron chi connectivity index (χ1n) is 9.20. The van der Waals surface area contributed by atoms with Crippen LogP contribution >= 0.6 is 11.8 Å². The summed E-state index contributed by atoms with van der Waals surface area (Å²) in [6.45, 7) is 6.40. The van der Waals surface area contributed by atoms with E-state index in [4.69, 9.17) is 14.2 Å². The zero-order valence-electron chi connectivity index (χ0n) is 17.2. The van der Waals surface area contributed by atoms with Crippen molar-refractivity contribution in [2.24, 2.45) is 0 Å². The van der Waals surface area contributed by atoms with Crippen molar-refractivity contribution in [1.82, 2.24) is 9.97 Å². The summed E-state index contributed by atoms with van der Waals surface area (Å²) in [5.74, 6) is 1.21. The van der Waals surface area contributed by atoms with E-state index in [0.29, 0.717) is 28.0 Å². The van der Waals surface area contributed by atoms with Crippen LogP contribution in [0.2, 0.25) is 0 Å². The molecule has 0 saturated carbocycles. The Morgan fingerprint density at radius 1 is 0.966 bits per heavy atom. The lowest BCUT2D eigenvalue weighted by atomic mass is 10.1. The second kappa shape index (κ2) is 9.13. The standard InChI is InChI=1S/C22H24N2O4S/c1-13-10-17-15(3)23-22(24-18(17)11-14(13)2)29-9-8-28-21(25)16-6-7-19(26-4)20(12-16)27-5/h6-7,10-12H,8-9H2,1-5H3. The number of ether oxygens (including phenoxy) is 3. The predicted molar refractivity (Wildman–Crippen MR) is 114 cm³/mol. The Morgan fingerprint density at radius 3 is 2.41 bits per heavy atom. The topological polar surface area (TPSA) is 70.5 Å². The molecule has 152 valence electrons. The average molecular weight is 413 g/mol. The minimum atomic E-state index is -0.409. The van der Waals surface area contributed by atoms with Crippen molar-refractivity contribution in [2.45, 2.75) is 25.9 Å². The first kappa shape index (κ1) is 20.9. The summed E-state index contributed by atoms with van der Waals surface area (Å²) in [4.78, 5) is 21.5. The van der Waals surface area contributed by atoms with Crippen LogP contribution in [0.25, 0.3) is 10.9 Å². The van der Waals surface area contributed by atoms with E-state index in [0.717, 1.165) is 16.6 Å². The van der Waals surface area contributed by atoms with E-state index >= 15 is 0 Å². The molecule has 1 heterocycles. The Morgan fingerprint density at radius 2 is 1.69 bits per heavy atom. The van der Waals surface area contributed by atoms with Crippen LogP contribution in [-0.4, -0.2) is 42.5 Å². The molecule has 0 amide bonds. The molecular formula is C22H24N2O4S. The van der Waals surface area contributed by atoms with Crippen LogP contribution < -0.4 is 9.47 Å². The van der Waals surface area contributed by atoms with Gasteiger partial charge in [0.1, 0.15) is 6.61 Å². The molecule has 0 unspecified atom stereocenters. The van der Waals surface area contributed by atoms with Gasteiger partial charge in [0.25, 0.3) is 0 Å². The van der Waals surface area contributed by atoms with E-state index in [1.54, 1.807) is 25.3 Å². The Labute approximate surface area is 174 Å². The zero-order chi connectivity index (χ0) is 21.0. The number of rotatable bonds is 7. The summed E-state index contributed by atoms with van der Waals surface area (Å²) in [6.07, 6.45) is 0. The van der Waals surface area contributed by atoms with Crippen molar-refractivity contribution in [1.29, 1.82) is 0 Å². The molecule has 0 saturated heterocycles. The highest BCUT2D eigenvalue weighted by Crippen LogP contribution is 2.28. The molecule has 3 aromatic rings. The number of fused-ring (bicyclic) bond motifs is 1. The molecule has 0 bridgehead atoms. The molecule has 0 N–H and O–H groups in total. The first-order valence-corrected chi connectivity index (χ1v) is 10.2. The van der Waals surface area contributed by atoms with Gasteiger partial charge in [-0.3, -0.25) is 0 Å². The molecule has 2 aromatic carbocycles. The van der Waals surface area contributed by atoms with Gasteiger partial charge in [0.2, 0.25) is 0 Å². The molecular weight excluding hydrogens is 388 g/mol. The van der Waals surface area contributed by atoms with Gasteiger partial charge in [-0.15, -0.1) is 0 Å². The number of thioether (sulfide) groups is 1. The van der Waals surface area contributed by atoms with Crippen molar-refractivity contribution in [3.05, 3.63) is 52.7 Å². The molecule has 0 radical (unpaired) electrons. The summed E-state index contributed by atoms with van der Waals surface area (Å²) in [5.41, 5.74) is 4.73. The monoisotopic (exact) mass is 412 g/mol. The van der Waals surface area contributed by atoms with Gasteiger partial charge >= 0.3 is 5.97 Å². The number of aromatic nitrogens is 2. The maximum atomic E-state index is 12.3. The van der Waals surface area contributed by atoms with Crippen LogP contribution in [0.1, 0.15) is 27.2 Å². The number of carbonyl (C=O) groups excluding carboxylic acids is 1. The zero-order valence-corrected chi connectivity index (χ0v) is 18.1. The van der Waals surface area contributed by atoms with E-state index < -0.39 is 5.97 Å². The summed E-state index contributed by atoms with van der Waals surface area (Å²) in [7, 11) is 3.07. The fourth-order valence-electron chi connectivity index (χ4n) is 2.89. The second-order valence-electron chi connectivity index (χ2n) is 6.60. The number of nitrogens with zero attached hydrogens (tertiary/aromatic N) is 2. The van der Waals surface area contributed by atoms with Crippen molar-refractivity contribution in [3.63, 3.8) is 0 Å². The second-order valence-corrected chi connectivity index (χ2v) is 7.66. The van der Waals surface area contributed by atoms with Gasteiger partial charge < -0.3 is 14.2 Å². The fraction of sp³-hybridized carbons (Fsp3) is 0.318. The van der Waals surface area contributed by atoms with E-state index in [-0.39, 0.29) is 6.61 Å². The number of methoxy groups -OCH3 is 2. The Kier molecular flexibility index (Phi) is 6.59. The molecule has 7 heteroatoms. The van der Waals surface area contributed by atoms with Gasteiger partial charge in [0.05, 0.1) is 25.3 Å². The molecule has 0 aliphatic carbocycles. The van der Waals surface area contributed by atoms with E-state index in [1.165, 1.54) is 30.0 Å². The molecule has 0 aliphatic heterocycles. The third-order valence-corrected chi connectivity index (χ3v) is 5.46. The van der Waals surface area contributed by atoms with Gasteiger partial charge in [0.15, 0.2) is 16.7 Å². The van der Waals surface area contributed by atoms with Crippen LogP contribution in [-0.2, 0) is 4.74 Å². The predicted octanol–water partition coefficient (Wildman–Crippen LogP) is 4.52. The highest BCUT2D eigenvalue weighted by Gasteiger charge is 2.12. The van der Waals surface area contributed by atoms with Crippen molar-refractivity contribution < 1.29 is 19.0 Å². The normalized spacial score (nSPS) is 10.8. The lowest BCUT2D eigenvalue weighted by Crippen LogP contribution is -2.08. The molecule has 1 aromatic heterocycles. The summed E-state index contributed by atoms with van der Waals surface area (Å²) < 4.78 is 15.8. The largest absolute Gasteiger partial charge is 0.493 e. The molecule has 3 rings (SSSR count). The Hall–Kier alpha value is -2.80. The lowest BCUT2D eigenvalue weighted by Gasteiger charge is -2.10. The number of aryl methyl sites for hydroxylation is 3. The number of hydrogen-bond donors (Lipinski definition) is 0. The van der Waals surface area contributed by atoms with Crippen LogP contribution in [0.5, 0.6) is 11.5 Å². The van der Waals surface area contributed by atoms with E-state index in [1.807, 2.05) is 6.92 Å². The van der Waals surface area contributed by atoms with Gasteiger partial charge in [-0.1, -0.05) is 11.8 Å². The van der Waals surface area contributed by atoms with Crippen LogP contribution in [0.3, 0.4) is 0 Å². The third kappa shape index (κ3) is 4.79. The lowest BCUT2D eigenvalue weighted by molar-refractivity contribution is 0.0530. The molecule has 0 fully saturated rings. The Bertz CT molecular complexity index is 1050. The molecule has 0 spiro atoms. The van der Waals surface area contributed by atoms with E-state index in [2.05, 4.69) is 35.9 Å². The molecule has 0 atom stereocenters. The molecule has 29 heavy (non-hydrogen) atoms. The van der Waals surface area contributed by atoms with Crippen molar-refractivity contribution >= 4 is 28.6 Å². The average Bonchev–Trinajstić information content (AvgIpc) is 2.72. The highest BCUT2D eigenvalue weighted by molar-refractivity contribution is 7.99. The van der Waals surface area contributed by atoms with Gasteiger partial charge in [-0.2, -0.15) is 0 Å². The summed E-state index contributed by atoms with van der Waals surface area (Å²) in [5, 5.41) is 1.75. The molecule has 6 nitrogen and oxygen atoms in total. The summed E-state index contributed by atoms with van der Waals surface area (Å²) in [6, 6.07) is 9.14. The minimum Gasteiger partial charge on any atom is -0.493 e. The van der Waals surface area contributed by atoms with Crippen molar-refractivity contribution in [2.75, 3.05) is 26.6 Å². The SMILES string of the molecule is COc1ccc(C(=O)OCCSc2nc(C)c3cc(C)c(C)cc3n2)cc1OC. The number of carbonyl (C=O) groups is 1. The van der Waals surface area contributed by atoms with Gasteiger partial charge in [0, 0.05) is 16.8 Å². The first-order chi connectivity index (χ1) is 13.9. The van der Waals surface area contributed by atoms with Gasteiger partial charge in [-0.05, 0) is 62.2 Å². The number of benzene rings is 2. The maximum absolute atomic E-state index is 12.3. The quantitative estimate of drug-likeness (QED) is 0.244. The smallest absolute Gasteiger partial charge is 0.338 e. The number of esters is 1. The fourth-order valence-corrected chi connectivity index (χ4v) is 3.61. The minimum absolute atomic E-state index is 0.255. The number of hydrogen-bond acceptors (Lipinski definition) is 7. The van der Waals surface area contributed by atoms with E-state index in [9.17, 15) is 4.79 Å². The molecule has 0 aliphatic rings. The van der Waals surface area contributed by atoms with Crippen LogP contribution in [0, 0.1) is 20.8 Å². The van der Waals surface area contributed by atoms with Crippen LogP contribution in [0.4, 0.5) is 0 Å². The highest BCUT2D eigenvalue weighted by atomic mass is 32.2. The third-order valence-electron chi connectivity index (χ3n) is 4.65. The Balaban J connectivity index is 1.60.